The molecule has 2 aliphatic carbocycles. The van der Waals surface area contributed by atoms with E-state index in [9.17, 15) is 0 Å². The topological polar surface area (TPSA) is 47.3 Å². The Kier molecular flexibility index (Phi) is 3.62. The first kappa shape index (κ1) is 15.6. The Morgan fingerprint density at radius 3 is 2.83 bits per heavy atom. The summed E-state index contributed by atoms with van der Waals surface area (Å²) in [5.41, 5.74) is 10.8. The van der Waals surface area contributed by atoms with Crippen molar-refractivity contribution in [2.75, 3.05) is 13.2 Å². The van der Waals surface area contributed by atoms with Gasteiger partial charge in [-0.3, -0.25) is 0 Å². The molecule has 0 amide bonds. The van der Waals surface area contributed by atoms with Crippen LogP contribution in [0.3, 0.4) is 0 Å². The molecule has 0 aromatic heterocycles. The van der Waals surface area contributed by atoms with Crippen LogP contribution in [0, 0.1) is 30.1 Å². The van der Waals surface area contributed by atoms with E-state index in [-0.39, 0.29) is 5.60 Å². The maximum atomic E-state index is 6.27. The van der Waals surface area contributed by atoms with Crippen molar-refractivity contribution < 1.29 is 4.74 Å². The highest BCUT2D eigenvalue weighted by atomic mass is 16.5. The Morgan fingerprint density at radius 2 is 2.21 bits per heavy atom. The van der Waals surface area contributed by atoms with E-state index in [1.54, 1.807) is 0 Å². The lowest BCUT2D eigenvalue weighted by Gasteiger charge is -2.42. The number of benzene rings is 1. The molecule has 126 valence electrons. The van der Waals surface area contributed by atoms with Gasteiger partial charge in [0.15, 0.2) is 0 Å². The third-order valence-corrected chi connectivity index (χ3v) is 5.44. The quantitative estimate of drug-likeness (QED) is 0.837. The standard InChI is InChI=1S/C21H26N2O/c1-15-9-17(6-5-16-3-4-16)7-8-18(15)19(22)10-23-13-21-11-20(2,12-21)14-24-21/h7-10,16,23H,3-4,11-14,22H2,1-2H3/b19-10-. The molecule has 3 N–H and O–H groups in total. The summed E-state index contributed by atoms with van der Waals surface area (Å²) in [6.07, 6.45) is 6.76. The van der Waals surface area contributed by atoms with E-state index in [4.69, 9.17) is 10.5 Å². The molecule has 2 bridgehead atoms. The van der Waals surface area contributed by atoms with Crippen LogP contribution in [-0.4, -0.2) is 18.8 Å². The molecule has 0 atom stereocenters. The van der Waals surface area contributed by atoms with Gasteiger partial charge < -0.3 is 15.8 Å². The molecular formula is C21H26N2O. The highest BCUT2D eigenvalue weighted by molar-refractivity contribution is 5.66. The molecule has 0 spiro atoms. The number of fused-ring (bicyclic) bond motifs is 1. The van der Waals surface area contributed by atoms with Gasteiger partial charge in [0.05, 0.1) is 17.9 Å². The van der Waals surface area contributed by atoms with Gasteiger partial charge in [-0.05, 0) is 55.7 Å². The minimum atomic E-state index is 0.0445. The van der Waals surface area contributed by atoms with Gasteiger partial charge in [-0.2, -0.15) is 0 Å². The summed E-state index contributed by atoms with van der Waals surface area (Å²) in [5, 5.41) is 3.37. The molecule has 2 saturated carbocycles. The third-order valence-electron chi connectivity index (χ3n) is 5.44. The van der Waals surface area contributed by atoms with Crippen LogP contribution in [0.15, 0.2) is 24.4 Å². The summed E-state index contributed by atoms with van der Waals surface area (Å²) in [5.74, 6) is 7.20. The Labute approximate surface area is 144 Å². The zero-order chi connectivity index (χ0) is 16.8. The highest BCUT2D eigenvalue weighted by Crippen LogP contribution is 2.57. The van der Waals surface area contributed by atoms with Crippen LogP contribution in [-0.2, 0) is 4.74 Å². The predicted molar refractivity (Wildman–Crippen MR) is 97.0 cm³/mol. The summed E-state index contributed by atoms with van der Waals surface area (Å²) >= 11 is 0. The molecule has 0 radical (unpaired) electrons. The first-order chi connectivity index (χ1) is 11.5. The number of hydrogen-bond acceptors (Lipinski definition) is 3. The van der Waals surface area contributed by atoms with Gasteiger partial charge in [0, 0.05) is 29.8 Å². The SMILES string of the molecule is Cc1cc(C#CC2CC2)ccc1/C(N)=C/NCC12CC(C)(CO1)C2. The molecule has 3 heteroatoms. The van der Waals surface area contributed by atoms with Crippen molar-refractivity contribution in [3.63, 3.8) is 0 Å². The van der Waals surface area contributed by atoms with E-state index in [0.717, 1.165) is 42.8 Å². The van der Waals surface area contributed by atoms with Crippen molar-refractivity contribution in [2.24, 2.45) is 17.1 Å². The maximum Gasteiger partial charge on any atom is 0.0866 e. The Hall–Kier alpha value is -1.92. The lowest BCUT2D eigenvalue weighted by atomic mass is 9.64. The molecule has 0 unspecified atom stereocenters. The molecule has 2 aliphatic heterocycles. The van der Waals surface area contributed by atoms with Gasteiger partial charge in [-0.15, -0.1) is 0 Å². The van der Waals surface area contributed by atoms with Crippen molar-refractivity contribution in [3.8, 4) is 11.8 Å². The van der Waals surface area contributed by atoms with E-state index < -0.39 is 0 Å². The lowest BCUT2D eigenvalue weighted by molar-refractivity contribution is -0.00740. The van der Waals surface area contributed by atoms with E-state index in [2.05, 4.69) is 49.2 Å². The minimum Gasteiger partial charge on any atom is -0.397 e. The van der Waals surface area contributed by atoms with Gasteiger partial charge in [0.1, 0.15) is 0 Å². The summed E-state index contributed by atoms with van der Waals surface area (Å²) in [7, 11) is 0. The van der Waals surface area contributed by atoms with Crippen LogP contribution in [0.5, 0.6) is 0 Å². The van der Waals surface area contributed by atoms with Crippen molar-refractivity contribution in [1.82, 2.24) is 5.32 Å². The number of rotatable bonds is 4. The van der Waals surface area contributed by atoms with Crippen LogP contribution < -0.4 is 11.1 Å². The summed E-state index contributed by atoms with van der Waals surface area (Å²) in [4.78, 5) is 0. The fraction of sp³-hybridized carbons (Fsp3) is 0.524. The molecule has 1 aromatic rings. The highest BCUT2D eigenvalue weighted by Gasteiger charge is 2.59. The lowest BCUT2D eigenvalue weighted by Crippen LogP contribution is -2.48. The summed E-state index contributed by atoms with van der Waals surface area (Å²) < 4.78 is 5.95. The zero-order valence-corrected chi connectivity index (χ0v) is 14.6. The Balaban J connectivity index is 1.38. The number of hydrogen-bond donors (Lipinski definition) is 2. The largest absolute Gasteiger partial charge is 0.397 e. The van der Waals surface area contributed by atoms with E-state index in [0.29, 0.717) is 11.3 Å². The van der Waals surface area contributed by atoms with E-state index in [1.807, 2.05) is 6.20 Å². The van der Waals surface area contributed by atoms with Gasteiger partial charge in [0.25, 0.3) is 0 Å². The third kappa shape index (κ3) is 3.03. The second-order valence-electron chi connectivity index (χ2n) is 8.19. The van der Waals surface area contributed by atoms with Gasteiger partial charge in [-0.1, -0.05) is 24.8 Å². The van der Waals surface area contributed by atoms with Crippen molar-refractivity contribution in [1.29, 1.82) is 0 Å². The van der Waals surface area contributed by atoms with Crippen molar-refractivity contribution in [3.05, 3.63) is 41.1 Å². The molecule has 4 aliphatic rings. The number of aryl methyl sites for hydroxylation is 1. The van der Waals surface area contributed by atoms with Crippen molar-refractivity contribution >= 4 is 5.70 Å². The fourth-order valence-corrected chi connectivity index (χ4v) is 4.11. The van der Waals surface area contributed by atoms with Crippen LogP contribution in [0.2, 0.25) is 0 Å². The van der Waals surface area contributed by atoms with Gasteiger partial charge >= 0.3 is 0 Å². The van der Waals surface area contributed by atoms with Crippen LogP contribution in [0.1, 0.15) is 49.3 Å². The summed E-state index contributed by atoms with van der Waals surface area (Å²) in [6, 6.07) is 6.26. The molecule has 24 heavy (non-hydrogen) atoms. The number of ether oxygens (including phenoxy) is 1. The van der Waals surface area contributed by atoms with Crippen LogP contribution >= 0.6 is 0 Å². The van der Waals surface area contributed by atoms with E-state index >= 15 is 0 Å². The Bertz CT molecular complexity index is 743. The monoisotopic (exact) mass is 322 g/mol. The molecule has 5 rings (SSSR count). The first-order valence-electron chi connectivity index (χ1n) is 8.93. The second-order valence-corrected chi connectivity index (χ2v) is 8.19. The maximum absolute atomic E-state index is 6.27. The average Bonchev–Trinajstić information content (AvgIpc) is 3.22. The van der Waals surface area contributed by atoms with Gasteiger partial charge in [0.2, 0.25) is 0 Å². The molecule has 1 aromatic carbocycles. The second kappa shape index (κ2) is 5.57. The normalized spacial score (nSPS) is 31.2. The molecule has 2 heterocycles. The Morgan fingerprint density at radius 1 is 1.42 bits per heavy atom. The summed E-state index contributed by atoms with van der Waals surface area (Å²) in [6.45, 7) is 6.14. The molecule has 2 saturated heterocycles. The first-order valence-corrected chi connectivity index (χ1v) is 8.93. The van der Waals surface area contributed by atoms with Crippen LogP contribution in [0.4, 0.5) is 0 Å². The van der Waals surface area contributed by atoms with Gasteiger partial charge in [-0.25, -0.2) is 0 Å². The van der Waals surface area contributed by atoms with E-state index in [1.165, 1.54) is 18.4 Å². The smallest absolute Gasteiger partial charge is 0.0866 e. The van der Waals surface area contributed by atoms with Crippen LogP contribution in [0.25, 0.3) is 5.70 Å². The fourth-order valence-electron chi connectivity index (χ4n) is 4.11. The average molecular weight is 322 g/mol. The predicted octanol–water partition coefficient (Wildman–Crippen LogP) is 3.17. The van der Waals surface area contributed by atoms with Crippen molar-refractivity contribution in [2.45, 2.75) is 45.1 Å². The molecular weight excluding hydrogens is 296 g/mol. The zero-order valence-electron chi connectivity index (χ0n) is 14.6. The molecule has 3 nitrogen and oxygen atoms in total. The molecule has 4 fully saturated rings. The number of nitrogens with two attached hydrogens (primary N) is 1. The minimum absolute atomic E-state index is 0.0445. The number of nitrogens with one attached hydrogen (secondary N) is 1.